The Kier molecular flexibility index (Phi) is 4.79. The summed E-state index contributed by atoms with van der Waals surface area (Å²) >= 11 is 0. The fourth-order valence-electron chi connectivity index (χ4n) is 1.95. The van der Waals surface area contributed by atoms with Gasteiger partial charge in [-0.1, -0.05) is 12.1 Å². The van der Waals surface area contributed by atoms with Crippen molar-refractivity contribution in [2.75, 3.05) is 27.4 Å². The molecular weight excluding hydrogens is 246 g/mol. The largest absolute Gasteiger partial charge is 0.493 e. The predicted octanol–water partition coefficient (Wildman–Crippen LogP) is 1.54. The number of ether oxygens (including phenoxy) is 2. The zero-order valence-electron chi connectivity index (χ0n) is 11.2. The van der Waals surface area contributed by atoms with Crippen LogP contribution in [0.1, 0.15) is 5.76 Å². The molecule has 0 bridgehead atoms. The van der Waals surface area contributed by atoms with E-state index >= 15 is 0 Å². The maximum Gasteiger partial charge on any atom is 0.176 e. The highest BCUT2D eigenvalue weighted by Gasteiger charge is 2.09. The minimum Gasteiger partial charge on any atom is -0.493 e. The molecule has 1 heterocycles. The fraction of sp³-hybridized carbons (Fsp3) is 0.429. The van der Waals surface area contributed by atoms with Gasteiger partial charge in [0.15, 0.2) is 11.3 Å². The number of methoxy groups -OCH3 is 2. The molecule has 19 heavy (non-hydrogen) atoms. The third-order valence-electron chi connectivity index (χ3n) is 2.82. The standard InChI is InChI=1S/C14H19NO4/c1-17-9-11(16)7-15-8-12-6-10-4-3-5-13(18-2)14(10)19-12/h3-6,11,15-16H,7-9H2,1-2H3. The molecule has 0 aliphatic rings. The average Bonchev–Trinajstić information content (AvgIpc) is 2.81. The summed E-state index contributed by atoms with van der Waals surface area (Å²) in [6.07, 6.45) is -0.510. The Morgan fingerprint density at radius 3 is 2.95 bits per heavy atom. The van der Waals surface area contributed by atoms with Gasteiger partial charge in [0.05, 0.1) is 26.4 Å². The second-order valence-electron chi connectivity index (χ2n) is 4.33. The summed E-state index contributed by atoms with van der Waals surface area (Å²) in [6.45, 7) is 1.33. The van der Waals surface area contributed by atoms with Gasteiger partial charge in [-0.3, -0.25) is 0 Å². The van der Waals surface area contributed by atoms with Crippen molar-refractivity contribution >= 4 is 11.0 Å². The quantitative estimate of drug-likeness (QED) is 0.795. The molecule has 1 unspecified atom stereocenters. The predicted molar refractivity (Wildman–Crippen MR) is 72.4 cm³/mol. The molecule has 1 aromatic carbocycles. The molecule has 0 saturated heterocycles. The van der Waals surface area contributed by atoms with E-state index in [4.69, 9.17) is 13.9 Å². The Labute approximate surface area is 112 Å². The van der Waals surface area contributed by atoms with Gasteiger partial charge in [-0.05, 0) is 12.1 Å². The van der Waals surface area contributed by atoms with Crippen LogP contribution in [0, 0.1) is 0 Å². The summed E-state index contributed by atoms with van der Waals surface area (Å²) in [5.74, 6) is 1.53. The van der Waals surface area contributed by atoms with Crippen LogP contribution in [0.25, 0.3) is 11.0 Å². The van der Waals surface area contributed by atoms with E-state index in [1.165, 1.54) is 0 Å². The van der Waals surface area contributed by atoms with E-state index in [1.54, 1.807) is 14.2 Å². The van der Waals surface area contributed by atoms with E-state index in [1.807, 2.05) is 24.3 Å². The van der Waals surface area contributed by atoms with Gasteiger partial charge in [-0.25, -0.2) is 0 Å². The number of hydrogen-bond donors (Lipinski definition) is 2. The van der Waals surface area contributed by atoms with E-state index in [-0.39, 0.29) is 0 Å². The maximum absolute atomic E-state index is 9.51. The van der Waals surface area contributed by atoms with Crippen molar-refractivity contribution in [3.8, 4) is 5.75 Å². The zero-order valence-corrected chi connectivity index (χ0v) is 11.2. The maximum atomic E-state index is 9.51. The first-order valence-corrected chi connectivity index (χ1v) is 6.17. The summed E-state index contributed by atoms with van der Waals surface area (Å²) in [7, 11) is 3.19. The van der Waals surface area contributed by atoms with Crippen LogP contribution >= 0.6 is 0 Å². The van der Waals surface area contributed by atoms with Gasteiger partial charge < -0.3 is 24.3 Å². The lowest BCUT2D eigenvalue weighted by atomic mass is 10.2. The molecular formula is C14H19NO4. The first kappa shape index (κ1) is 13.9. The van der Waals surface area contributed by atoms with Crippen LogP contribution in [-0.4, -0.2) is 38.6 Å². The molecule has 0 aliphatic carbocycles. The summed E-state index contributed by atoms with van der Waals surface area (Å²) in [5, 5.41) is 13.6. The number of aliphatic hydroxyl groups is 1. The van der Waals surface area contributed by atoms with E-state index < -0.39 is 6.10 Å². The second kappa shape index (κ2) is 6.56. The van der Waals surface area contributed by atoms with Crippen molar-refractivity contribution in [1.29, 1.82) is 0 Å². The SMILES string of the molecule is COCC(O)CNCc1cc2cccc(OC)c2o1. The number of para-hydroxylation sites is 1. The molecule has 0 spiro atoms. The normalized spacial score (nSPS) is 12.8. The van der Waals surface area contributed by atoms with Crippen molar-refractivity contribution in [2.24, 2.45) is 0 Å². The molecule has 0 aliphatic heterocycles. The lowest BCUT2D eigenvalue weighted by Crippen LogP contribution is -2.29. The molecule has 1 atom stereocenters. The molecule has 5 heteroatoms. The van der Waals surface area contributed by atoms with Gasteiger partial charge in [0.25, 0.3) is 0 Å². The van der Waals surface area contributed by atoms with Crippen LogP contribution in [0.2, 0.25) is 0 Å². The van der Waals surface area contributed by atoms with Crippen molar-refractivity contribution < 1.29 is 19.0 Å². The topological polar surface area (TPSA) is 63.9 Å². The number of fused-ring (bicyclic) bond motifs is 1. The van der Waals surface area contributed by atoms with Crippen LogP contribution < -0.4 is 10.1 Å². The number of hydrogen-bond acceptors (Lipinski definition) is 5. The van der Waals surface area contributed by atoms with Crippen molar-refractivity contribution in [2.45, 2.75) is 12.6 Å². The third-order valence-corrected chi connectivity index (χ3v) is 2.82. The Hall–Kier alpha value is -1.56. The Bertz CT molecular complexity index is 523. The molecule has 0 radical (unpaired) electrons. The van der Waals surface area contributed by atoms with E-state index in [0.29, 0.717) is 19.7 Å². The summed E-state index contributed by atoms with van der Waals surface area (Å²) in [6, 6.07) is 7.74. The Morgan fingerprint density at radius 2 is 2.21 bits per heavy atom. The molecule has 1 aromatic heterocycles. The van der Waals surface area contributed by atoms with E-state index in [0.717, 1.165) is 22.5 Å². The first-order valence-electron chi connectivity index (χ1n) is 6.17. The highest BCUT2D eigenvalue weighted by atomic mass is 16.5. The molecule has 5 nitrogen and oxygen atoms in total. The average molecular weight is 265 g/mol. The van der Waals surface area contributed by atoms with Crippen LogP contribution in [0.4, 0.5) is 0 Å². The minimum atomic E-state index is -0.510. The lowest BCUT2D eigenvalue weighted by molar-refractivity contribution is 0.0641. The van der Waals surface area contributed by atoms with Gasteiger partial charge >= 0.3 is 0 Å². The lowest BCUT2D eigenvalue weighted by Gasteiger charge is -2.09. The van der Waals surface area contributed by atoms with E-state index in [2.05, 4.69) is 5.32 Å². The van der Waals surface area contributed by atoms with Gasteiger partial charge in [0, 0.05) is 19.0 Å². The molecule has 0 fully saturated rings. The molecule has 2 rings (SSSR count). The van der Waals surface area contributed by atoms with Crippen LogP contribution in [0.3, 0.4) is 0 Å². The Morgan fingerprint density at radius 1 is 1.37 bits per heavy atom. The number of rotatable bonds is 7. The van der Waals surface area contributed by atoms with Crippen LogP contribution in [0.5, 0.6) is 5.75 Å². The van der Waals surface area contributed by atoms with Crippen molar-refractivity contribution in [3.05, 3.63) is 30.0 Å². The number of benzene rings is 1. The number of nitrogens with one attached hydrogen (secondary N) is 1. The molecule has 0 amide bonds. The molecule has 0 saturated carbocycles. The second-order valence-corrected chi connectivity index (χ2v) is 4.33. The van der Waals surface area contributed by atoms with Crippen LogP contribution in [0.15, 0.2) is 28.7 Å². The third kappa shape index (κ3) is 3.47. The van der Waals surface area contributed by atoms with Gasteiger partial charge in [0.2, 0.25) is 0 Å². The van der Waals surface area contributed by atoms with Gasteiger partial charge in [-0.2, -0.15) is 0 Å². The highest BCUT2D eigenvalue weighted by molar-refractivity contribution is 5.83. The Balaban J connectivity index is 1.98. The van der Waals surface area contributed by atoms with Crippen LogP contribution in [-0.2, 0) is 11.3 Å². The summed E-state index contributed by atoms with van der Waals surface area (Å²) in [5.41, 5.74) is 0.749. The van der Waals surface area contributed by atoms with Crippen molar-refractivity contribution in [3.63, 3.8) is 0 Å². The summed E-state index contributed by atoms with van der Waals surface area (Å²) < 4.78 is 15.8. The van der Waals surface area contributed by atoms with Gasteiger partial charge in [0.1, 0.15) is 5.76 Å². The smallest absolute Gasteiger partial charge is 0.176 e. The van der Waals surface area contributed by atoms with E-state index in [9.17, 15) is 5.11 Å². The zero-order chi connectivity index (χ0) is 13.7. The summed E-state index contributed by atoms with van der Waals surface area (Å²) in [4.78, 5) is 0. The molecule has 2 aromatic rings. The fourth-order valence-corrected chi connectivity index (χ4v) is 1.95. The van der Waals surface area contributed by atoms with Gasteiger partial charge in [-0.15, -0.1) is 0 Å². The molecule has 2 N–H and O–H groups in total. The monoisotopic (exact) mass is 265 g/mol. The first-order chi connectivity index (χ1) is 9.24. The number of aliphatic hydroxyl groups excluding tert-OH is 1. The highest BCUT2D eigenvalue weighted by Crippen LogP contribution is 2.28. The number of furan rings is 1. The minimum absolute atomic E-state index is 0.320. The molecule has 104 valence electrons. The van der Waals surface area contributed by atoms with Crippen molar-refractivity contribution in [1.82, 2.24) is 5.32 Å².